The van der Waals surface area contributed by atoms with Crippen LogP contribution < -0.4 is 5.56 Å². The Morgan fingerprint density at radius 3 is 2.44 bits per heavy atom. The highest BCUT2D eigenvalue weighted by Gasteiger charge is 2.29. The number of aromatic nitrogens is 2. The number of hydrogen-bond donors (Lipinski definition) is 0. The minimum Gasteiger partial charge on any atom is -0.467 e. The largest absolute Gasteiger partial charge is 0.467 e. The van der Waals surface area contributed by atoms with E-state index in [1.807, 2.05) is 43.3 Å². The molecule has 1 atom stereocenters. The second-order valence-corrected chi connectivity index (χ2v) is 9.09. The summed E-state index contributed by atoms with van der Waals surface area (Å²) in [5.74, 6) is 0.703. The minimum absolute atomic E-state index is 0.157. The Kier molecular flexibility index (Phi) is 6.63. The van der Waals surface area contributed by atoms with Gasteiger partial charge in [-0.15, -0.1) is 0 Å². The maximum atomic E-state index is 13.8. The Morgan fingerprint density at radius 2 is 1.72 bits per heavy atom. The van der Waals surface area contributed by atoms with E-state index >= 15 is 0 Å². The molecule has 5 rings (SSSR count). The summed E-state index contributed by atoms with van der Waals surface area (Å²) in [4.78, 5) is 34.0. The van der Waals surface area contributed by atoms with Crippen LogP contribution in [0.4, 0.5) is 0 Å². The molecule has 36 heavy (non-hydrogen) atoms. The van der Waals surface area contributed by atoms with E-state index in [9.17, 15) is 9.59 Å². The molecule has 5 aromatic rings. The van der Waals surface area contributed by atoms with Crippen LogP contribution in [0, 0.1) is 0 Å². The van der Waals surface area contributed by atoms with Crippen molar-refractivity contribution in [3.05, 3.63) is 129 Å². The van der Waals surface area contributed by atoms with Crippen molar-refractivity contribution in [2.24, 2.45) is 0 Å². The number of fused-ring (bicyclic) bond motifs is 1. The van der Waals surface area contributed by atoms with Crippen LogP contribution in [0.3, 0.4) is 0 Å². The molecular weight excluding hydrogens is 497 g/mol. The van der Waals surface area contributed by atoms with E-state index in [0.717, 1.165) is 0 Å². The van der Waals surface area contributed by atoms with Gasteiger partial charge in [-0.2, -0.15) is 0 Å². The molecule has 0 aliphatic heterocycles. The van der Waals surface area contributed by atoms with Crippen LogP contribution in [-0.4, -0.2) is 20.4 Å². The minimum atomic E-state index is -0.616. The lowest BCUT2D eigenvalue weighted by Crippen LogP contribution is -2.37. The summed E-state index contributed by atoms with van der Waals surface area (Å²) in [7, 11) is 0. The Bertz CT molecular complexity index is 1600. The zero-order chi connectivity index (χ0) is 25.2. The lowest BCUT2D eigenvalue weighted by molar-refractivity contribution is 0.0648. The summed E-state index contributed by atoms with van der Waals surface area (Å²) in [6.07, 6.45) is 1.55. The van der Waals surface area contributed by atoms with Crippen LogP contribution >= 0.6 is 23.2 Å². The van der Waals surface area contributed by atoms with Crippen molar-refractivity contribution in [1.82, 2.24) is 14.5 Å². The van der Waals surface area contributed by atoms with Gasteiger partial charge in [0.15, 0.2) is 0 Å². The number of halogens is 2. The lowest BCUT2D eigenvalue weighted by atomic mass is 10.1. The molecule has 0 saturated heterocycles. The number of para-hydroxylation sites is 2. The monoisotopic (exact) mass is 517 g/mol. The van der Waals surface area contributed by atoms with Gasteiger partial charge >= 0.3 is 0 Å². The van der Waals surface area contributed by atoms with Crippen molar-refractivity contribution in [3.8, 4) is 5.69 Å². The summed E-state index contributed by atoms with van der Waals surface area (Å²) in [5.41, 5.74) is 1.35. The van der Waals surface area contributed by atoms with Crippen molar-refractivity contribution < 1.29 is 9.21 Å². The number of benzene rings is 3. The number of rotatable bonds is 6. The number of amides is 1. The first-order chi connectivity index (χ1) is 17.4. The molecule has 2 aromatic heterocycles. The van der Waals surface area contributed by atoms with Gasteiger partial charge in [-0.05, 0) is 61.5 Å². The Balaban J connectivity index is 1.69. The fourth-order valence-corrected chi connectivity index (χ4v) is 4.44. The first-order valence-corrected chi connectivity index (χ1v) is 12.0. The van der Waals surface area contributed by atoms with Crippen LogP contribution in [0.25, 0.3) is 16.6 Å². The van der Waals surface area contributed by atoms with Crippen molar-refractivity contribution in [1.29, 1.82) is 0 Å². The predicted molar refractivity (Wildman–Crippen MR) is 141 cm³/mol. The van der Waals surface area contributed by atoms with E-state index < -0.39 is 6.04 Å². The molecule has 8 heteroatoms. The molecule has 180 valence electrons. The first kappa shape index (κ1) is 23.9. The summed E-state index contributed by atoms with van der Waals surface area (Å²) < 4.78 is 7.12. The zero-order valence-electron chi connectivity index (χ0n) is 19.3. The fraction of sp³-hybridized carbons (Fsp3) is 0.107. The standard InChI is InChI=1S/C28H21Cl2N3O3/c1-18(32(17-21-10-7-15-36-21)27(34)19-13-14-23(29)24(30)16-19)26-31-25-12-6-5-11-22(25)28(35)33(26)20-8-3-2-4-9-20/h2-16,18H,17H2,1H3. The van der Waals surface area contributed by atoms with Crippen LogP contribution in [0.2, 0.25) is 10.0 Å². The molecule has 0 bridgehead atoms. The molecule has 0 spiro atoms. The van der Waals surface area contributed by atoms with Gasteiger partial charge in [0.25, 0.3) is 11.5 Å². The van der Waals surface area contributed by atoms with Crippen molar-refractivity contribution in [2.45, 2.75) is 19.5 Å². The van der Waals surface area contributed by atoms with Gasteiger partial charge in [-0.1, -0.05) is 53.5 Å². The maximum Gasteiger partial charge on any atom is 0.266 e. The smallest absolute Gasteiger partial charge is 0.266 e. The van der Waals surface area contributed by atoms with Crippen LogP contribution in [0.5, 0.6) is 0 Å². The molecule has 2 heterocycles. The van der Waals surface area contributed by atoms with E-state index in [2.05, 4.69) is 0 Å². The molecule has 0 aliphatic carbocycles. The number of furan rings is 1. The molecule has 3 aromatic carbocycles. The number of carbonyl (C=O) groups is 1. The normalized spacial score (nSPS) is 12.0. The van der Waals surface area contributed by atoms with E-state index in [4.69, 9.17) is 32.6 Å². The third kappa shape index (κ3) is 4.53. The quantitative estimate of drug-likeness (QED) is 0.251. The van der Waals surface area contributed by atoms with Gasteiger partial charge in [0.05, 0.1) is 45.5 Å². The van der Waals surface area contributed by atoms with Crippen LogP contribution in [0.1, 0.15) is 34.9 Å². The molecule has 1 unspecified atom stereocenters. The summed E-state index contributed by atoms with van der Waals surface area (Å²) in [6.45, 7) is 2.00. The Morgan fingerprint density at radius 1 is 0.972 bits per heavy atom. The Labute approximate surface area is 217 Å². The van der Waals surface area contributed by atoms with Gasteiger partial charge in [-0.25, -0.2) is 4.98 Å². The highest BCUT2D eigenvalue weighted by molar-refractivity contribution is 6.42. The lowest BCUT2D eigenvalue weighted by Gasteiger charge is -2.30. The Hall–Kier alpha value is -3.87. The second-order valence-electron chi connectivity index (χ2n) is 8.28. The molecule has 1 amide bonds. The molecule has 0 fully saturated rings. The molecule has 6 nitrogen and oxygen atoms in total. The van der Waals surface area contributed by atoms with Crippen molar-refractivity contribution in [2.75, 3.05) is 0 Å². The van der Waals surface area contributed by atoms with E-state index in [0.29, 0.717) is 38.8 Å². The van der Waals surface area contributed by atoms with E-state index in [-0.39, 0.29) is 23.0 Å². The molecular formula is C28H21Cl2N3O3. The summed E-state index contributed by atoms with van der Waals surface area (Å²) >= 11 is 12.3. The molecule has 0 radical (unpaired) electrons. The van der Waals surface area contributed by atoms with Gasteiger partial charge < -0.3 is 9.32 Å². The third-order valence-electron chi connectivity index (χ3n) is 5.99. The first-order valence-electron chi connectivity index (χ1n) is 11.3. The van der Waals surface area contributed by atoms with Crippen molar-refractivity contribution in [3.63, 3.8) is 0 Å². The molecule has 0 N–H and O–H groups in total. The molecule has 0 saturated carbocycles. The van der Waals surface area contributed by atoms with Crippen LogP contribution in [0.15, 0.2) is 100 Å². The van der Waals surface area contributed by atoms with Gasteiger partial charge in [-0.3, -0.25) is 14.2 Å². The van der Waals surface area contributed by atoms with Gasteiger partial charge in [0.2, 0.25) is 0 Å². The molecule has 0 aliphatic rings. The maximum absolute atomic E-state index is 13.8. The summed E-state index contributed by atoms with van der Waals surface area (Å²) in [6, 6.07) is 24.1. The average molecular weight is 518 g/mol. The average Bonchev–Trinajstić information content (AvgIpc) is 3.42. The highest BCUT2D eigenvalue weighted by Crippen LogP contribution is 2.29. The number of nitrogens with zero attached hydrogens (tertiary/aromatic N) is 3. The highest BCUT2D eigenvalue weighted by atomic mass is 35.5. The SMILES string of the molecule is CC(c1nc2ccccc2c(=O)n1-c1ccccc1)N(Cc1ccco1)C(=O)c1ccc(Cl)c(Cl)c1. The fourth-order valence-electron chi connectivity index (χ4n) is 4.15. The van der Waals surface area contributed by atoms with Gasteiger partial charge in [0.1, 0.15) is 11.6 Å². The third-order valence-corrected chi connectivity index (χ3v) is 6.73. The van der Waals surface area contributed by atoms with Gasteiger partial charge in [0, 0.05) is 5.56 Å². The number of hydrogen-bond acceptors (Lipinski definition) is 4. The second kappa shape index (κ2) is 10.0. The predicted octanol–water partition coefficient (Wildman–Crippen LogP) is 6.69. The zero-order valence-corrected chi connectivity index (χ0v) is 20.8. The number of carbonyl (C=O) groups excluding carboxylic acids is 1. The van der Waals surface area contributed by atoms with Crippen molar-refractivity contribution >= 4 is 40.0 Å². The topological polar surface area (TPSA) is 68.3 Å². The van der Waals surface area contributed by atoms with E-state index in [1.165, 1.54) is 6.07 Å². The van der Waals surface area contributed by atoms with Crippen LogP contribution in [-0.2, 0) is 6.54 Å². The summed E-state index contributed by atoms with van der Waals surface area (Å²) in [5, 5.41) is 1.12. The van der Waals surface area contributed by atoms with E-state index in [1.54, 1.807) is 58.2 Å².